The van der Waals surface area contributed by atoms with Gasteiger partial charge in [-0.3, -0.25) is 0 Å². The van der Waals surface area contributed by atoms with Gasteiger partial charge < -0.3 is 4.74 Å². The Kier molecular flexibility index (Phi) is 1.90. The molecule has 1 aromatic heterocycles. The average molecular weight is 174 g/mol. The van der Waals surface area contributed by atoms with Crippen molar-refractivity contribution in [1.82, 2.24) is 4.98 Å². The number of ether oxygens (including phenoxy) is 1. The summed E-state index contributed by atoms with van der Waals surface area (Å²) in [6, 6.07) is 3.92. The van der Waals surface area contributed by atoms with Gasteiger partial charge >= 0.3 is 0 Å². The monoisotopic (exact) mass is 174 g/mol. The molecule has 1 fully saturated rings. The van der Waals surface area contributed by atoms with Crippen molar-refractivity contribution in [3.05, 3.63) is 23.5 Å². The van der Waals surface area contributed by atoms with Crippen LogP contribution in [0.2, 0.25) is 0 Å². The van der Waals surface area contributed by atoms with Crippen LogP contribution in [-0.2, 0) is 0 Å². The van der Waals surface area contributed by atoms with E-state index in [1.165, 1.54) is 18.4 Å². The molecule has 66 valence electrons. The maximum Gasteiger partial charge on any atom is 0.182 e. The highest BCUT2D eigenvalue weighted by Crippen LogP contribution is 2.40. The van der Waals surface area contributed by atoms with Gasteiger partial charge in [-0.2, -0.15) is 5.26 Å². The predicted octanol–water partition coefficient (Wildman–Crippen LogP) is 1.84. The first kappa shape index (κ1) is 8.06. The summed E-state index contributed by atoms with van der Waals surface area (Å²) in [7, 11) is 1.56. The van der Waals surface area contributed by atoms with E-state index in [9.17, 15) is 0 Å². The van der Waals surface area contributed by atoms with Crippen molar-refractivity contribution in [2.24, 2.45) is 0 Å². The molecule has 1 saturated carbocycles. The van der Waals surface area contributed by atoms with E-state index >= 15 is 0 Å². The standard InChI is InChI=1S/C10H10N2O/c1-13-10-4-8(7-2-3-7)6-12-9(10)5-11/h4,6-7H,2-3H2,1H3. The fourth-order valence-electron chi connectivity index (χ4n) is 1.34. The Labute approximate surface area is 77.0 Å². The summed E-state index contributed by atoms with van der Waals surface area (Å²) in [4.78, 5) is 4.04. The number of aromatic nitrogens is 1. The van der Waals surface area contributed by atoms with Crippen LogP contribution in [0, 0.1) is 11.3 Å². The van der Waals surface area contributed by atoms with E-state index in [0.717, 1.165) is 0 Å². The van der Waals surface area contributed by atoms with Crippen LogP contribution >= 0.6 is 0 Å². The lowest BCUT2D eigenvalue weighted by Crippen LogP contribution is -1.93. The lowest BCUT2D eigenvalue weighted by atomic mass is 10.1. The quantitative estimate of drug-likeness (QED) is 0.687. The molecular weight excluding hydrogens is 164 g/mol. The van der Waals surface area contributed by atoms with Crippen LogP contribution in [0.25, 0.3) is 0 Å². The van der Waals surface area contributed by atoms with Crippen molar-refractivity contribution in [1.29, 1.82) is 5.26 Å². The number of rotatable bonds is 2. The van der Waals surface area contributed by atoms with E-state index in [2.05, 4.69) is 4.98 Å². The lowest BCUT2D eigenvalue weighted by Gasteiger charge is -2.03. The number of hydrogen-bond acceptors (Lipinski definition) is 3. The summed E-state index contributed by atoms with van der Waals surface area (Å²) in [5.74, 6) is 1.24. The number of nitriles is 1. The Hall–Kier alpha value is -1.56. The van der Waals surface area contributed by atoms with Crippen molar-refractivity contribution < 1.29 is 4.74 Å². The van der Waals surface area contributed by atoms with Gasteiger partial charge in [0.15, 0.2) is 11.4 Å². The summed E-state index contributed by atoms with van der Waals surface area (Å²) >= 11 is 0. The molecule has 0 N–H and O–H groups in total. The van der Waals surface area contributed by atoms with E-state index < -0.39 is 0 Å². The SMILES string of the molecule is COc1cc(C2CC2)cnc1C#N. The summed E-state index contributed by atoms with van der Waals surface area (Å²) in [6.07, 6.45) is 4.24. The zero-order chi connectivity index (χ0) is 9.26. The summed E-state index contributed by atoms with van der Waals surface area (Å²) in [6.45, 7) is 0. The van der Waals surface area contributed by atoms with E-state index in [1.807, 2.05) is 12.1 Å². The van der Waals surface area contributed by atoms with Crippen LogP contribution in [-0.4, -0.2) is 12.1 Å². The van der Waals surface area contributed by atoms with E-state index in [1.54, 1.807) is 13.3 Å². The van der Waals surface area contributed by atoms with Crippen molar-refractivity contribution in [3.8, 4) is 11.8 Å². The fraction of sp³-hybridized carbons (Fsp3) is 0.400. The minimum Gasteiger partial charge on any atom is -0.494 e. The van der Waals surface area contributed by atoms with Gasteiger partial charge in [0.2, 0.25) is 0 Å². The second kappa shape index (κ2) is 3.06. The molecule has 0 aliphatic heterocycles. The van der Waals surface area contributed by atoms with Crippen molar-refractivity contribution in [2.75, 3.05) is 7.11 Å². The second-order valence-corrected chi connectivity index (χ2v) is 3.21. The number of pyridine rings is 1. The minimum atomic E-state index is 0.368. The molecule has 0 saturated heterocycles. The molecule has 3 nitrogen and oxygen atoms in total. The topological polar surface area (TPSA) is 45.9 Å². The number of nitrogens with zero attached hydrogens (tertiary/aromatic N) is 2. The van der Waals surface area contributed by atoms with Crippen LogP contribution in [0.1, 0.15) is 30.0 Å². The molecule has 3 heteroatoms. The van der Waals surface area contributed by atoms with Gasteiger partial charge in [0.05, 0.1) is 7.11 Å². The average Bonchev–Trinajstić information content (AvgIpc) is 3.00. The minimum absolute atomic E-state index is 0.368. The Balaban J connectivity index is 2.38. The van der Waals surface area contributed by atoms with Crippen molar-refractivity contribution in [3.63, 3.8) is 0 Å². The molecule has 0 radical (unpaired) electrons. The molecule has 2 rings (SSSR count). The van der Waals surface area contributed by atoms with E-state index in [4.69, 9.17) is 10.00 Å². The molecule has 0 bridgehead atoms. The highest BCUT2D eigenvalue weighted by atomic mass is 16.5. The third-order valence-corrected chi connectivity index (χ3v) is 2.25. The van der Waals surface area contributed by atoms with Crippen molar-refractivity contribution in [2.45, 2.75) is 18.8 Å². The van der Waals surface area contributed by atoms with E-state index in [-0.39, 0.29) is 0 Å². The van der Waals surface area contributed by atoms with Crippen LogP contribution in [0.5, 0.6) is 5.75 Å². The molecule has 13 heavy (non-hydrogen) atoms. The van der Waals surface area contributed by atoms with Gasteiger partial charge in [-0.05, 0) is 30.4 Å². The molecule has 0 unspecified atom stereocenters. The Morgan fingerprint density at radius 2 is 2.38 bits per heavy atom. The third kappa shape index (κ3) is 1.48. The van der Waals surface area contributed by atoms with Gasteiger partial charge in [0.25, 0.3) is 0 Å². The first-order valence-corrected chi connectivity index (χ1v) is 4.29. The van der Waals surface area contributed by atoms with Crippen molar-refractivity contribution >= 4 is 0 Å². The Bertz CT molecular complexity index is 364. The molecule has 1 aliphatic carbocycles. The zero-order valence-electron chi connectivity index (χ0n) is 7.45. The first-order valence-electron chi connectivity index (χ1n) is 4.29. The van der Waals surface area contributed by atoms with Crippen LogP contribution < -0.4 is 4.74 Å². The van der Waals surface area contributed by atoms with Gasteiger partial charge in [0, 0.05) is 6.20 Å². The van der Waals surface area contributed by atoms with Crippen LogP contribution in [0.3, 0.4) is 0 Å². The zero-order valence-corrected chi connectivity index (χ0v) is 7.45. The first-order chi connectivity index (χ1) is 6.35. The molecule has 1 aliphatic rings. The van der Waals surface area contributed by atoms with Gasteiger partial charge in [-0.1, -0.05) is 0 Å². The molecule has 1 aromatic rings. The molecule has 1 heterocycles. The predicted molar refractivity (Wildman–Crippen MR) is 47.5 cm³/mol. The van der Waals surface area contributed by atoms with E-state index in [0.29, 0.717) is 17.4 Å². The summed E-state index contributed by atoms with van der Waals surface area (Å²) in [5.41, 5.74) is 1.56. The van der Waals surface area contributed by atoms with Crippen LogP contribution in [0.15, 0.2) is 12.3 Å². The summed E-state index contributed by atoms with van der Waals surface area (Å²) < 4.78 is 5.07. The number of methoxy groups -OCH3 is 1. The fourth-order valence-corrected chi connectivity index (χ4v) is 1.34. The van der Waals surface area contributed by atoms with Gasteiger partial charge in [0.1, 0.15) is 6.07 Å². The largest absolute Gasteiger partial charge is 0.494 e. The Morgan fingerprint density at radius 1 is 1.62 bits per heavy atom. The maximum absolute atomic E-state index is 8.70. The normalized spacial score (nSPS) is 15.1. The smallest absolute Gasteiger partial charge is 0.182 e. The highest BCUT2D eigenvalue weighted by molar-refractivity contribution is 5.41. The molecule has 0 aromatic carbocycles. The van der Waals surface area contributed by atoms with Crippen LogP contribution in [0.4, 0.5) is 0 Å². The summed E-state index contributed by atoms with van der Waals surface area (Å²) in [5, 5.41) is 8.70. The molecule has 0 atom stereocenters. The number of hydrogen-bond donors (Lipinski definition) is 0. The maximum atomic E-state index is 8.70. The van der Waals surface area contributed by atoms with Gasteiger partial charge in [-0.15, -0.1) is 0 Å². The Morgan fingerprint density at radius 3 is 2.92 bits per heavy atom. The highest BCUT2D eigenvalue weighted by Gasteiger charge is 2.24. The molecule has 0 spiro atoms. The lowest BCUT2D eigenvalue weighted by molar-refractivity contribution is 0.410. The molecular formula is C10H10N2O. The molecule has 0 amide bonds. The third-order valence-electron chi connectivity index (χ3n) is 2.25. The second-order valence-electron chi connectivity index (χ2n) is 3.21. The van der Waals surface area contributed by atoms with Gasteiger partial charge in [-0.25, -0.2) is 4.98 Å².